The number of amides is 1. The number of sulfonamides is 2. The van der Waals surface area contributed by atoms with E-state index in [-0.39, 0.29) is 15.5 Å². The third kappa shape index (κ3) is 6.55. The second-order valence-electron chi connectivity index (χ2n) is 9.19. The molecule has 0 spiro atoms. The van der Waals surface area contributed by atoms with Crippen molar-refractivity contribution in [2.24, 2.45) is 0 Å². The molecule has 3 aromatic rings. The van der Waals surface area contributed by atoms with Gasteiger partial charge in [-0.3, -0.25) is 9.10 Å². The molecule has 0 atom stereocenters. The molecule has 0 aliphatic carbocycles. The van der Waals surface area contributed by atoms with E-state index in [0.29, 0.717) is 23.8 Å². The Kier molecular flexibility index (Phi) is 8.77. The summed E-state index contributed by atoms with van der Waals surface area (Å²) in [6.45, 7) is 2.35. The van der Waals surface area contributed by atoms with Crippen LogP contribution in [0.3, 0.4) is 0 Å². The Morgan fingerprint density at radius 3 is 1.95 bits per heavy atom. The zero-order valence-electron chi connectivity index (χ0n) is 21.0. The van der Waals surface area contributed by atoms with Crippen LogP contribution >= 0.6 is 11.6 Å². The molecule has 0 saturated carbocycles. The molecule has 0 radical (unpaired) electrons. The van der Waals surface area contributed by atoms with Crippen LogP contribution in [0.5, 0.6) is 0 Å². The topological polar surface area (TPSA) is 104 Å². The van der Waals surface area contributed by atoms with Crippen molar-refractivity contribution in [2.45, 2.75) is 42.4 Å². The van der Waals surface area contributed by atoms with E-state index in [4.69, 9.17) is 11.6 Å². The number of hydrogen-bond acceptors (Lipinski definition) is 5. The van der Waals surface area contributed by atoms with Crippen LogP contribution in [0.1, 0.15) is 31.2 Å². The van der Waals surface area contributed by atoms with Crippen molar-refractivity contribution >= 4 is 48.9 Å². The van der Waals surface area contributed by atoms with Crippen LogP contribution < -0.4 is 9.62 Å². The summed E-state index contributed by atoms with van der Waals surface area (Å²) in [6, 6.07) is 18.4. The first-order valence-electron chi connectivity index (χ1n) is 12.3. The summed E-state index contributed by atoms with van der Waals surface area (Å²) in [6.07, 6.45) is 3.71. The Bertz CT molecular complexity index is 1470. The third-order valence-electron chi connectivity index (χ3n) is 6.35. The number of nitrogens with zero attached hydrogens (tertiary/aromatic N) is 2. The van der Waals surface area contributed by atoms with Gasteiger partial charge in [0.1, 0.15) is 6.54 Å². The predicted molar refractivity (Wildman–Crippen MR) is 149 cm³/mol. The molecule has 0 unspecified atom stereocenters. The highest BCUT2D eigenvalue weighted by atomic mass is 35.5. The Balaban J connectivity index is 1.53. The summed E-state index contributed by atoms with van der Waals surface area (Å²) in [5.41, 5.74) is 1.54. The lowest BCUT2D eigenvalue weighted by Gasteiger charge is -2.24. The number of carbonyl (C=O) groups is 1. The molecule has 3 aromatic carbocycles. The summed E-state index contributed by atoms with van der Waals surface area (Å²) in [5, 5.41) is 3.11. The van der Waals surface area contributed by atoms with Crippen molar-refractivity contribution in [3.63, 3.8) is 0 Å². The van der Waals surface area contributed by atoms with Crippen LogP contribution in [-0.2, 0) is 24.8 Å². The molecule has 1 amide bonds. The summed E-state index contributed by atoms with van der Waals surface area (Å²) in [7, 11) is -7.69. The monoisotopic (exact) mass is 575 g/mol. The lowest BCUT2D eigenvalue weighted by molar-refractivity contribution is -0.114. The van der Waals surface area contributed by atoms with Gasteiger partial charge >= 0.3 is 0 Å². The maximum Gasteiger partial charge on any atom is 0.264 e. The molecule has 1 aliphatic heterocycles. The van der Waals surface area contributed by atoms with E-state index >= 15 is 0 Å². The zero-order chi connectivity index (χ0) is 27.3. The zero-order valence-corrected chi connectivity index (χ0v) is 23.4. The number of rotatable bonds is 8. The number of benzene rings is 3. The van der Waals surface area contributed by atoms with Gasteiger partial charge in [-0.05, 0) is 80.4 Å². The van der Waals surface area contributed by atoms with Gasteiger partial charge in [-0.1, -0.05) is 42.1 Å². The van der Waals surface area contributed by atoms with Gasteiger partial charge in [0.25, 0.3) is 10.0 Å². The van der Waals surface area contributed by atoms with Crippen LogP contribution in [0.2, 0.25) is 5.02 Å². The smallest absolute Gasteiger partial charge is 0.264 e. The summed E-state index contributed by atoms with van der Waals surface area (Å²) in [4.78, 5) is 13.2. The number of anilines is 2. The van der Waals surface area contributed by atoms with Gasteiger partial charge in [0, 0.05) is 23.8 Å². The van der Waals surface area contributed by atoms with Crippen LogP contribution in [0.15, 0.2) is 82.6 Å². The molecule has 1 fully saturated rings. The normalized spacial score (nSPS) is 15.0. The largest absolute Gasteiger partial charge is 0.325 e. The van der Waals surface area contributed by atoms with Crippen molar-refractivity contribution in [1.29, 1.82) is 0 Å². The van der Waals surface area contributed by atoms with Crippen molar-refractivity contribution in [2.75, 3.05) is 29.3 Å². The number of aryl methyl sites for hydroxylation is 1. The number of hydrogen-bond donors (Lipinski definition) is 1. The molecule has 1 saturated heterocycles. The fourth-order valence-corrected chi connectivity index (χ4v) is 7.30. The van der Waals surface area contributed by atoms with E-state index in [1.54, 1.807) is 24.3 Å². The Morgan fingerprint density at radius 2 is 1.37 bits per heavy atom. The number of carbonyl (C=O) groups excluding carboxylic acids is 1. The highest BCUT2D eigenvalue weighted by molar-refractivity contribution is 7.92. The highest BCUT2D eigenvalue weighted by Gasteiger charge is 2.28. The molecular formula is C27H30ClN3O5S2. The molecule has 11 heteroatoms. The molecule has 4 rings (SSSR count). The van der Waals surface area contributed by atoms with E-state index in [2.05, 4.69) is 5.32 Å². The van der Waals surface area contributed by atoms with Crippen molar-refractivity contribution in [3.05, 3.63) is 83.4 Å². The van der Waals surface area contributed by atoms with E-state index in [9.17, 15) is 21.6 Å². The molecule has 38 heavy (non-hydrogen) atoms. The molecule has 202 valence electrons. The van der Waals surface area contributed by atoms with Gasteiger partial charge in [-0.15, -0.1) is 0 Å². The first-order valence-corrected chi connectivity index (χ1v) is 15.6. The quantitative estimate of drug-likeness (QED) is 0.405. The van der Waals surface area contributed by atoms with E-state index in [1.165, 1.54) is 52.8 Å². The minimum absolute atomic E-state index is 0.0499. The summed E-state index contributed by atoms with van der Waals surface area (Å²) in [5.74, 6) is -0.584. The van der Waals surface area contributed by atoms with Gasteiger partial charge in [-0.2, -0.15) is 4.31 Å². The second-order valence-corrected chi connectivity index (χ2v) is 13.4. The minimum atomic E-state index is -4.07. The van der Waals surface area contributed by atoms with Gasteiger partial charge in [-0.25, -0.2) is 16.8 Å². The van der Waals surface area contributed by atoms with Gasteiger partial charge in [0.2, 0.25) is 15.9 Å². The highest BCUT2D eigenvalue weighted by Crippen LogP contribution is 2.26. The average molecular weight is 576 g/mol. The maximum absolute atomic E-state index is 13.5. The van der Waals surface area contributed by atoms with Crippen LogP contribution in [0, 0.1) is 6.92 Å². The molecule has 1 heterocycles. The number of halogens is 1. The second kappa shape index (κ2) is 11.9. The van der Waals surface area contributed by atoms with E-state index in [0.717, 1.165) is 35.6 Å². The Hall–Kier alpha value is -2.92. The first kappa shape index (κ1) is 28.1. The summed E-state index contributed by atoms with van der Waals surface area (Å²) < 4.78 is 55.5. The van der Waals surface area contributed by atoms with Gasteiger partial charge in [0.05, 0.1) is 15.5 Å². The average Bonchev–Trinajstić information content (AvgIpc) is 3.19. The molecule has 0 bridgehead atoms. The van der Waals surface area contributed by atoms with Crippen LogP contribution in [0.4, 0.5) is 11.4 Å². The SMILES string of the molecule is Cc1ccc(S(=O)(=O)N(CC(=O)Nc2ccc(S(=O)(=O)N3CCCCCC3)cc2)c2ccc(Cl)cc2)cc1. The van der Waals surface area contributed by atoms with E-state index in [1.807, 2.05) is 6.92 Å². The number of nitrogens with one attached hydrogen (secondary N) is 1. The lowest BCUT2D eigenvalue weighted by Crippen LogP contribution is -2.38. The Labute approximate surface area is 229 Å². The van der Waals surface area contributed by atoms with Gasteiger partial charge in [0.15, 0.2) is 0 Å². The standard InChI is InChI=1S/C27H30ClN3O5S2/c1-21-6-14-26(15-7-21)38(35,36)31(24-12-8-22(28)9-13-24)20-27(32)29-23-10-16-25(17-11-23)37(33,34)30-18-4-2-3-5-19-30/h6-17H,2-5,18-20H2,1H3,(H,29,32). The Morgan fingerprint density at radius 1 is 0.816 bits per heavy atom. The minimum Gasteiger partial charge on any atom is -0.325 e. The maximum atomic E-state index is 13.5. The lowest BCUT2D eigenvalue weighted by atomic mass is 10.2. The summed E-state index contributed by atoms with van der Waals surface area (Å²) >= 11 is 5.99. The van der Waals surface area contributed by atoms with E-state index < -0.39 is 32.5 Å². The fourth-order valence-electron chi connectivity index (χ4n) is 4.23. The molecule has 8 nitrogen and oxygen atoms in total. The molecule has 0 aromatic heterocycles. The molecule has 1 N–H and O–H groups in total. The van der Waals surface area contributed by atoms with Crippen molar-refractivity contribution < 1.29 is 21.6 Å². The van der Waals surface area contributed by atoms with Crippen LogP contribution in [0.25, 0.3) is 0 Å². The van der Waals surface area contributed by atoms with Crippen molar-refractivity contribution in [3.8, 4) is 0 Å². The molecule has 1 aliphatic rings. The third-order valence-corrected chi connectivity index (χ3v) is 10.3. The predicted octanol–water partition coefficient (Wildman–Crippen LogP) is 5.05. The van der Waals surface area contributed by atoms with Gasteiger partial charge < -0.3 is 5.32 Å². The first-order chi connectivity index (χ1) is 18.1. The molecular weight excluding hydrogens is 546 g/mol. The fraction of sp³-hybridized carbons (Fsp3) is 0.296. The van der Waals surface area contributed by atoms with Crippen LogP contribution in [-0.4, -0.2) is 46.7 Å². The van der Waals surface area contributed by atoms with Crippen molar-refractivity contribution in [1.82, 2.24) is 4.31 Å².